The third kappa shape index (κ3) is 3.67. The Morgan fingerprint density at radius 2 is 1.84 bits per heavy atom. The Morgan fingerprint density at radius 1 is 1.16 bits per heavy atom. The van der Waals surface area contributed by atoms with Crippen LogP contribution in [0.4, 0.5) is 0 Å². The standard InChI is InChI=1S/C13H23N3O3/c1-19-10-12(17)15-6-8-16(9-7-15)13(18)11-4-2-3-5-14-11/h11,14H,2-10H2,1H3. The van der Waals surface area contributed by atoms with E-state index in [1.807, 2.05) is 4.90 Å². The lowest BCUT2D eigenvalue weighted by atomic mass is 10.0. The van der Waals surface area contributed by atoms with Gasteiger partial charge in [0, 0.05) is 33.3 Å². The van der Waals surface area contributed by atoms with Crippen LogP contribution in [0.2, 0.25) is 0 Å². The van der Waals surface area contributed by atoms with Crippen molar-refractivity contribution >= 4 is 11.8 Å². The molecule has 1 N–H and O–H groups in total. The third-order valence-corrected chi connectivity index (χ3v) is 3.82. The Morgan fingerprint density at radius 3 is 2.42 bits per heavy atom. The molecule has 2 heterocycles. The van der Waals surface area contributed by atoms with Crippen LogP contribution >= 0.6 is 0 Å². The lowest BCUT2D eigenvalue weighted by Crippen LogP contribution is -2.56. The molecule has 2 amide bonds. The number of nitrogens with zero attached hydrogens (tertiary/aromatic N) is 2. The van der Waals surface area contributed by atoms with Crippen molar-refractivity contribution in [3.05, 3.63) is 0 Å². The number of rotatable bonds is 3. The first-order chi connectivity index (χ1) is 9.22. The molecule has 6 heteroatoms. The Bertz CT molecular complexity index is 321. The van der Waals surface area contributed by atoms with Gasteiger partial charge in [0.25, 0.3) is 0 Å². The molecular formula is C13H23N3O3. The van der Waals surface area contributed by atoms with Gasteiger partial charge in [-0.05, 0) is 19.4 Å². The predicted octanol–water partition coefficient (Wildman–Crippen LogP) is -0.554. The fraction of sp³-hybridized carbons (Fsp3) is 0.846. The monoisotopic (exact) mass is 269 g/mol. The SMILES string of the molecule is COCC(=O)N1CCN(C(=O)C2CCCCN2)CC1. The lowest BCUT2D eigenvalue weighted by molar-refractivity contribution is -0.143. The van der Waals surface area contributed by atoms with E-state index >= 15 is 0 Å². The molecule has 1 unspecified atom stereocenters. The highest BCUT2D eigenvalue weighted by atomic mass is 16.5. The van der Waals surface area contributed by atoms with Crippen molar-refractivity contribution in [1.82, 2.24) is 15.1 Å². The van der Waals surface area contributed by atoms with Gasteiger partial charge in [0.2, 0.25) is 11.8 Å². The van der Waals surface area contributed by atoms with Gasteiger partial charge in [-0.1, -0.05) is 6.42 Å². The number of amides is 2. The Kier molecular flexibility index (Phi) is 5.15. The molecule has 0 aromatic carbocycles. The molecule has 1 atom stereocenters. The lowest BCUT2D eigenvalue weighted by Gasteiger charge is -2.37. The highest BCUT2D eigenvalue weighted by molar-refractivity contribution is 5.82. The van der Waals surface area contributed by atoms with Crippen LogP contribution in [0.1, 0.15) is 19.3 Å². The second kappa shape index (κ2) is 6.86. The van der Waals surface area contributed by atoms with Crippen LogP contribution in [0, 0.1) is 0 Å². The van der Waals surface area contributed by atoms with E-state index in [2.05, 4.69) is 5.32 Å². The van der Waals surface area contributed by atoms with E-state index < -0.39 is 0 Å². The van der Waals surface area contributed by atoms with Gasteiger partial charge in [-0.15, -0.1) is 0 Å². The first-order valence-corrected chi connectivity index (χ1v) is 7.01. The fourth-order valence-corrected chi connectivity index (χ4v) is 2.67. The number of piperidine rings is 1. The molecule has 19 heavy (non-hydrogen) atoms. The predicted molar refractivity (Wildman–Crippen MR) is 70.7 cm³/mol. The summed E-state index contributed by atoms with van der Waals surface area (Å²) in [6, 6.07) is -0.0185. The summed E-state index contributed by atoms with van der Waals surface area (Å²) in [6.07, 6.45) is 3.21. The zero-order valence-electron chi connectivity index (χ0n) is 11.6. The van der Waals surface area contributed by atoms with Crippen LogP contribution < -0.4 is 5.32 Å². The van der Waals surface area contributed by atoms with Gasteiger partial charge in [-0.25, -0.2) is 0 Å². The summed E-state index contributed by atoms with van der Waals surface area (Å²) in [5, 5.41) is 3.28. The van der Waals surface area contributed by atoms with Crippen molar-refractivity contribution in [3.8, 4) is 0 Å². The average Bonchev–Trinajstić information content (AvgIpc) is 2.48. The Labute approximate surface area is 114 Å². The normalized spacial score (nSPS) is 24.4. The molecule has 6 nitrogen and oxygen atoms in total. The van der Waals surface area contributed by atoms with Crippen LogP contribution in [-0.4, -0.2) is 74.1 Å². The maximum Gasteiger partial charge on any atom is 0.248 e. The van der Waals surface area contributed by atoms with Gasteiger partial charge in [-0.3, -0.25) is 9.59 Å². The number of hydrogen-bond donors (Lipinski definition) is 1. The molecule has 0 bridgehead atoms. The second-order valence-corrected chi connectivity index (χ2v) is 5.14. The molecule has 0 saturated carbocycles. The minimum atomic E-state index is -0.0185. The zero-order chi connectivity index (χ0) is 13.7. The maximum absolute atomic E-state index is 12.3. The first kappa shape index (κ1) is 14.3. The molecule has 0 aromatic rings. The molecule has 2 aliphatic rings. The number of carbonyl (C=O) groups is 2. The smallest absolute Gasteiger partial charge is 0.248 e. The average molecular weight is 269 g/mol. The maximum atomic E-state index is 12.3. The summed E-state index contributed by atoms with van der Waals surface area (Å²) >= 11 is 0. The van der Waals surface area contributed by atoms with E-state index in [0.717, 1.165) is 25.8 Å². The molecular weight excluding hydrogens is 246 g/mol. The van der Waals surface area contributed by atoms with E-state index in [0.29, 0.717) is 26.2 Å². The molecule has 2 saturated heterocycles. The van der Waals surface area contributed by atoms with Crippen molar-refractivity contribution in [2.75, 3.05) is 46.4 Å². The second-order valence-electron chi connectivity index (χ2n) is 5.14. The van der Waals surface area contributed by atoms with E-state index in [-0.39, 0.29) is 24.5 Å². The third-order valence-electron chi connectivity index (χ3n) is 3.82. The summed E-state index contributed by atoms with van der Waals surface area (Å²) in [7, 11) is 1.52. The van der Waals surface area contributed by atoms with Crippen molar-refractivity contribution in [2.45, 2.75) is 25.3 Å². The zero-order valence-corrected chi connectivity index (χ0v) is 11.6. The Hall–Kier alpha value is -1.14. The minimum Gasteiger partial charge on any atom is -0.375 e. The molecule has 0 aromatic heterocycles. The van der Waals surface area contributed by atoms with E-state index in [4.69, 9.17) is 4.74 Å². The quantitative estimate of drug-likeness (QED) is 0.746. The van der Waals surface area contributed by atoms with Gasteiger partial charge < -0.3 is 19.9 Å². The van der Waals surface area contributed by atoms with Crippen LogP contribution in [-0.2, 0) is 14.3 Å². The van der Waals surface area contributed by atoms with Crippen molar-refractivity contribution in [3.63, 3.8) is 0 Å². The minimum absolute atomic E-state index is 0.00499. The van der Waals surface area contributed by atoms with Gasteiger partial charge in [0.15, 0.2) is 0 Å². The van der Waals surface area contributed by atoms with Gasteiger partial charge in [0.1, 0.15) is 6.61 Å². The van der Waals surface area contributed by atoms with E-state index in [1.54, 1.807) is 4.90 Å². The fourth-order valence-electron chi connectivity index (χ4n) is 2.67. The molecule has 0 aliphatic carbocycles. The molecule has 2 aliphatic heterocycles. The van der Waals surface area contributed by atoms with Crippen LogP contribution in [0.15, 0.2) is 0 Å². The van der Waals surface area contributed by atoms with Crippen molar-refractivity contribution in [2.24, 2.45) is 0 Å². The molecule has 0 spiro atoms. The summed E-state index contributed by atoms with van der Waals surface area (Å²) in [5.41, 5.74) is 0. The molecule has 2 rings (SSSR count). The summed E-state index contributed by atoms with van der Waals surface area (Å²) in [4.78, 5) is 27.6. The van der Waals surface area contributed by atoms with Crippen LogP contribution in [0.3, 0.4) is 0 Å². The van der Waals surface area contributed by atoms with Crippen LogP contribution in [0.5, 0.6) is 0 Å². The number of piperazine rings is 1. The number of nitrogens with one attached hydrogen (secondary N) is 1. The van der Waals surface area contributed by atoms with E-state index in [1.165, 1.54) is 7.11 Å². The van der Waals surface area contributed by atoms with Gasteiger partial charge in [-0.2, -0.15) is 0 Å². The number of carbonyl (C=O) groups excluding carboxylic acids is 2. The topological polar surface area (TPSA) is 61.9 Å². The summed E-state index contributed by atoms with van der Waals surface area (Å²) < 4.78 is 4.84. The summed E-state index contributed by atoms with van der Waals surface area (Å²) in [5.74, 6) is 0.198. The molecule has 0 radical (unpaired) electrons. The largest absolute Gasteiger partial charge is 0.375 e. The van der Waals surface area contributed by atoms with Crippen molar-refractivity contribution in [1.29, 1.82) is 0 Å². The van der Waals surface area contributed by atoms with Crippen LogP contribution in [0.25, 0.3) is 0 Å². The number of hydrogen-bond acceptors (Lipinski definition) is 4. The van der Waals surface area contributed by atoms with Crippen molar-refractivity contribution < 1.29 is 14.3 Å². The first-order valence-electron chi connectivity index (χ1n) is 7.01. The Balaban J connectivity index is 1.79. The number of methoxy groups -OCH3 is 1. The summed E-state index contributed by atoms with van der Waals surface area (Å²) in [6.45, 7) is 3.54. The van der Waals surface area contributed by atoms with E-state index in [9.17, 15) is 9.59 Å². The van der Waals surface area contributed by atoms with Gasteiger partial charge >= 0.3 is 0 Å². The van der Waals surface area contributed by atoms with Gasteiger partial charge in [0.05, 0.1) is 6.04 Å². The highest BCUT2D eigenvalue weighted by Crippen LogP contribution is 2.12. The molecule has 108 valence electrons. The number of ether oxygens (including phenoxy) is 1. The highest BCUT2D eigenvalue weighted by Gasteiger charge is 2.29. The molecule has 2 fully saturated rings.